The van der Waals surface area contributed by atoms with Gasteiger partial charge in [0.25, 0.3) is 5.91 Å². The van der Waals surface area contributed by atoms with Gasteiger partial charge in [0.2, 0.25) is 0 Å². The average molecular weight is 363 g/mol. The van der Waals surface area contributed by atoms with Crippen molar-refractivity contribution in [1.29, 1.82) is 0 Å². The second-order valence-corrected chi connectivity index (χ2v) is 6.58. The third-order valence-electron chi connectivity index (χ3n) is 4.65. The van der Waals surface area contributed by atoms with Crippen LogP contribution in [0.3, 0.4) is 0 Å². The van der Waals surface area contributed by atoms with Crippen LogP contribution in [0.4, 0.5) is 0 Å². The van der Waals surface area contributed by atoms with Gasteiger partial charge in [-0.25, -0.2) is 4.98 Å². The fraction of sp³-hybridized carbons (Fsp3) is 0.273. The Kier molecular flexibility index (Phi) is 5.91. The lowest BCUT2D eigenvalue weighted by atomic mass is 10.1. The molecule has 0 saturated carbocycles. The Balaban J connectivity index is 1.67. The lowest BCUT2D eigenvalue weighted by Gasteiger charge is -2.19. The Bertz CT molecular complexity index is 904. The highest BCUT2D eigenvalue weighted by molar-refractivity contribution is 5.81. The van der Waals surface area contributed by atoms with E-state index in [0.717, 1.165) is 22.6 Å². The highest BCUT2D eigenvalue weighted by atomic mass is 16.5. The number of hydrogen-bond donors (Lipinski definition) is 1. The van der Waals surface area contributed by atoms with Crippen molar-refractivity contribution in [3.05, 3.63) is 77.9 Å². The zero-order chi connectivity index (χ0) is 19.2. The number of rotatable bonds is 7. The van der Waals surface area contributed by atoms with E-state index in [4.69, 9.17) is 4.74 Å². The molecule has 1 N–H and O–H groups in total. The Morgan fingerprint density at radius 2 is 2.00 bits per heavy atom. The molecule has 1 aromatic heterocycles. The number of nitrogens with zero attached hydrogens (tertiary/aromatic N) is 2. The second-order valence-electron chi connectivity index (χ2n) is 6.58. The minimum absolute atomic E-state index is 0.115. The summed E-state index contributed by atoms with van der Waals surface area (Å²) in [5.41, 5.74) is 4.37. The molecule has 0 spiro atoms. The summed E-state index contributed by atoms with van der Waals surface area (Å²) in [6.07, 6.45) is 5.45. The van der Waals surface area contributed by atoms with Crippen LogP contribution < -0.4 is 10.1 Å². The van der Waals surface area contributed by atoms with E-state index in [0.29, 0.717) is 13.0 Å². The summed E-state index contributed by atoms with van der Waals surface area (Å²) in [7, 11) is 0. The van der Waals surface area contributed by atoms with Gasteiger partial charge in [-0.3, -0.25) is 4.79 Å². The number of para-hydroxylation sites is 1. The summed E-state index contributed by atoms with van der Waals surface area (Å²) in [5, 5.41) is 3.00. The van der Waals surface area contributed by atoms with E-state index in [1.807, 2.05) is 67.1 Å². The number of ether oxygens (including phenoxy) is 1. The lowest BCUT2D eigenvalue weighted by molar-refractivity contribution is -0.128. The molecule has 3 aromatic rings. The fourth-order valence-electron chi connectivity index (χ4n) is 2.88. The Morgan fingerprint density at radius 3 is 2.70 bits per heavy atom. The zero-order valence-electron chi connectivity index (χ0n) is 16.0. The van der Waals surface area contributed by atoms with Crippen LogP contribution in [-0.4, -0.2) is 21.6 Å². The van der Waals surface area contributed by atoms with E-state index in [1.165, 1.54) is 5.56 Å². The quantitative estimate of drug-likeness (QED) is 0.691. The van der Waals surface area contributed by atoms with Crippen molar-refractivity contribution < 1.29 is 9.53 Å². The van der Waals surface area contributed by atoms with E-state index in [1.54, 1.807) is 12.5 Å². The fourth-order valence-corrected chi connectivity index (χ4v) is 2.88. The van der Waals surface area contributed by atoms with Crippen molar-refractivity contribution in [2.24, 2.45) is 0 Å². The van der Waals surface area contributed by atoms with E-state index in [2.05, 4.69) is 17.2 Å². The molecule has 5 nitrogen and oxygen atoms in total. The van der Waals surface area contributed by atoms with Crippen LogP contribution in [-0.2, 0) is 11.3 Å². The van der Waals surface area contributed by atoms with Crippen LogP contribution in [0.2, 0.25) is 0 Å². The topological polar surface area (TPSA) is 56.1 Å². The number of aryl methyl sites for hydroxylation is 2. The molecule has 1 heterocycles. The summed E-state index contributed by atoms with van der Waals surface area (Å²) < 4.78 is 7.86. The molecule has 0 radical (unpaired) electrons. The predicted molar refractivity (Wildman–Crippen MR) is 106 cm³/mol. The predicted octanol–water partition coefficient (Wildman–Crippen LogP) is 3.96. The van der Waals surface area contributed by atoms with Crippen molar-refractivity contribution in [3.63, 3.8) is 0 Å². The molecule has 0 unspecified atom stereocenters. The highest BCUT2D eigenvalue weighted by Gasteiger charge is 2.18. The largest absolute Gasteiger partial charge is 0.481 e. The SMILES string of the molecule is CC[C@H](Oc1ccc(C)c(C)c1)C(=O)NCc1ccccc1-n1ccnc1. The minimum Gasteiger partial charge on any atom is -0.481 e. The first-order valence-electron chi connectivity index (χ1n) is 9.16. The number of imidazole rings is 1. The molecule has 0 aliphatic heterocycles. The first kappa shape index (κ1) is 18.7. The molecule has 2 aromatic carbocycles. The second kappa shape index (κ2) is 8.54. The zero-order valence-corrected chi connectivity index (χ0v) is 16.0. The third kappa shape index (κ3) is 4.56. The van der Waals surface area contributed by atoms with Crippen LogP contribution in [0.1, 0.15) is 30.0 Å². The van der Waals surface area contributed by atoms with Crippen molar-refractivity contribution >= 4 is 5.91 Å². The highest BCUT2D eigenvalue weighted by Crippen LogP contribution is 2.19. The van der Waals surface area contributed by atoms with Gasteiger partial charge >= 0.3 is 0 Å². The molecular formula is C22H25N3O2. The Hall–Kier alpha value is -3.08. The molecule has 1 amide bonds. The summed E-state index contributed by atoms with van der Waals surface area (Å²) in [6.45, 7) is 6.47. The molecule has 140 valence electrons. The average Bonchev–Trinajstić information content (AvgIpc) is 3.21. The molecule has 0 bridgehead atoms. The number of carbonyl (C=O) groups excluding carboxylic acids is 1. The van der Waals surface area contributed by atoms with Crippen molar-refractivity contribution in [1.82, 2.24) is 14.9 Å². The molecule has 1 atom stereocenters. The summed E-state index contributed by atoms with van der Waals surface area (Å²) in [4.78, 5) is 16.7. The number of aromatic nitrogens is 2. The number of nitrogens with one attached hydrogen (secondary N) is 1. The Labute approximate surface area is 160 Å². The lowest BCUT2D eigenvalue weighted by Crippen LogP contribution is -2.37. The molecule has 0 saturated heterocycles. The monoisotopic (exact) mass is 363 g/mol. The number of carbonyl (C=O) groups is 1. The van der Waals surface area contributed by atoms with Crippen LogP contribution in [0.25, 0.3) is 5.69 Å². The van der Waals surface area contributed by atoms with Gasteiger partial charge in [0, 0.05) is 18.9 Å². The van der Waals surface area contributed by atoms with Crippen molar-refractivity contribution in [3.8, 4) is 11.4 Å². The third-order valence-corrected chi connectivity index (χ3v) is 4.65. The van der Waals surface area contributed by atoms with Gasteiger partial charge in [-0.1, -0.05) is 31.2 Å². The van der Waals surface area contributed by atoms with Crippen LogP contribution in [0.15, 0.2) is 61.2 Å². The first-order chi connectivity index (χ1) is 13.1. The maximum Gasteiger partial charge on any atom is 0.261 e. The molecule has 5 heteroatoms. The van der Waals surface area contributed by atoms with Crippen LogP contribution >= 0.6 is 0 Å². The van der Waals surface area contributed by atoms with Gasteiger partial charge in [0.05, 0.1) is 12.0 Å². The van der Waals surface area contributed by atoms with Gasteiger partial charge in [-0.05, 0) is 55.2 Å². The summed E-state index contributed by atoms with van der Waals surface area (Å²) in [5.74, 6) is 0.607. The van der Waals surface area contributed by atoms with Gasteiger partial charge < -0.3 is 14.6 Å². The van der Waals surface area contributed by atoms with Gasteiger partial charge in [0.1, 0.15) is 5.75 Å². The van der Waals surface area contributed by atoms with E-state index in [-0.39, 0.29) is 5.91 Å². The Morgan fingerprint density at radius 1 is 1.19 bits per heavy atom. The molecular weight excluding hydrogens is 338 g/mol. The smallest absolute Gasteiger partial charge is 0.261 e. The molecule has 27 heavy (non-hydrogen) atoms. The number of amides is 1. The van der Waals surface area contributed by atoms with Crippen molar-refractivity contribution in [2.75, 3.05) is 0 Å². The van der Waals surface area contributed by atoms with E-state index < -0.39 is 6.10 Å². The molecule has 0 aliphatic rings. The standard InChI is InChI=1S/C22H25N3O2/c1-4-21(27-19-10-9-16(2)17(3)13-19)22(26)24-14-18-7-5-6-8-20(18)25-12-11-23-15-25/h5-13,15,21H,4,14H2,1-3H3,(H,24,26)/t21-/m0/s1. The first-order valence-corrected chi connectivity index (χ1v) is 9.16. The molecule has 3 rings (SSSR count). The number of benzene rings is 2. The van der Waals surface area contributed by atoms with Gasteiger partial charge in [0.15, 0.2) is 6.10 Å². The number of hydrogen-bond acceptors (Lipinski definition) is 3. The van der Waals surface area contributed by atoms with Crippen LogP contribution in [0.5, 0.6) is 5.75 Å². The maximum atomic E-state index is 12.6. The normalized spacial score (nSPS) is 11.8. The molecule has 0 aliphatic carbocycles. The van der Waals surface area contributed by atoms with Crippen molar-refractivity contribution in [2.45, 2.75) is 39.8 Å². The van der Waals surface area contributed by atoms with Crippen LogP contribution in [0, 0.1) is 13.8 Å². The summed E-state index contributed by atoms with van der Waals surface area (Å²) >= 11 is 0. The van der Waals surface area contributed by atoms with E-state index >= 15 is 0 Å². The van der Waals surface area contributed by atoms with E-state index in [9.17, 15) is 4.79 Å². The van der Waals surface area contributed by atoms with Gasteiger partial charge in [-0.15, -0.1) is 0 Å². The maximum absolute atomic E-state index is 12.6. The van der Waals surface area contributed by atoms with Gasteiger partial charge in [-0.2, -0.15) is 0 Å². The summed E-state index contributed by atoms with van der Waals surface area (Å²) in [6, 6.07) is 13.8. The minimum atomic E-state index is -0.521. The molecule has 0 fully saturated rings.